The zero-order valence-corrected chi connectivity index (χ0v) is 32.6. The van der Waals surface area contributed by atoms with E-state index < -0.39 is 0 Å². The second-order valence-electron chi connectivity index (χ2n) is 15.2. The number of benzene rings is 9. The Morgan fingerprint density at radius 2 is 0.690 bits per heavy atom. The highest BCUT2D eigenvalue weighted by Gasteiger charge is 2.16. The number of para-hydroxylation sites is 2. The van der Waals surface area contributed by atoms with Crippen molar-refractivity contribution in [3.05, 3.63) is 223 Å². The summed E-state index contributed by atoms with van der Waals surface area (Å²) < 4.78 is 6.41. The molecule has 0 fully saturated rings. The van der Waals surface area contributed by atoms with Crippen molar-refractivity contribution in [3.63, 3.8) is 0 Å². The maximum atomic E-state index is 6.41. The topological polar surface area (TPSA) is 16.4 Å². The van der Waals surface area contributed by atoms with Crippen molar-refractivity contribution in [2.45, 2.75) is 13.8 Å². The number of rotatable bonds is 8. The summed E-state index contributed by atoms with van der Waals surface area (Å²) in [4.78, 5) is 2.34. The Balaban J connectivity index is 1.01. The van der Waals surface area contributed by atoms with E-state index >= 15 is 0 Å². The molecule has 10 aromatic rings. The number of aryl methyl sites for hydroxylation is 2. The maximum absolute atomic E-state index is 6.41. The molecule has 0 aliphatic heterocycles. The quantitative estimate of drug-likeness (QED) is 0.154. The van der Waals surface area contributed by atoms with Gasteiger partial charge in [-0.2, -0.15) is 0 Å². The molecule has 0 aliphatic carbocycles. The molecule has 58 heavy (non-hydrogen) atoms. The second-order valence-corrected chi connectivity index (χ2v) is 15.2. The third-order valence-corrected chi connectivity index (χ3v) is 11.3. The minimum atomic E-state index is 0.906. The lowest BCUT2D eigenvalue weighted by atomic mass is 9.98. The molecule has 0 radical (unpaired) electrons. The Morgan fingerprint density at radius 3 is 1.16 bits per heavy atom. The lowest BCUT2D eigenvalue weighted by molar-refractivity contribution is 0.670. The van der Waals surface area contributed by atoms with E-state index in [1.807, 2.05) is 12.1 Å². The Morgan fingerprint density at radius 1 is 0.310 bits per heavy atom. The van der Waals surface area contributed by atoms with Gasteiger partial charge in [-0.3, -0.25) is 0 Å². The summed E-state index contributed by atoms with van der Waals surface area (Å²) in [6.45, 7) is 4.25. The standard InChI is InChI=1S/C56H41NO/c1-38-16-20-40(21-17-38)45-8-5-10-47(36-45)42-24-30-49(31-25-42)57(50-32-26-43(27-33-50)48-11-6-9-46(37-48)41-22-18-39(2)19-23-41)51-34-28-44(29-35-51)52-13-7-14-54-53-12-3-4-15-55(53)58-56(52)54/h3-37H,1-2H3. The van der Waals surface area contributed by atoms with Crippen LogP contribution >= 0.6 is 0 Å². The molecular formula is C56H41NO. The number of anilines is 3. The van der Waals surface area contributed by atoms with Gasteiger partial charge >= 0.3 is 0 Å². The van der Waals surface area contributed by atoms with Gasteiger partial charge in [-0.25, -0.2) is 0 Å². The van der Waals surface area contributed by atoms with Crippen molar-refractivity contribution in [3.8, 4) is 55.6 Å². The third-order valence-electron chi connectivity index (χ3n) is 11.3. The molecule has 0 bridgehead atoms. The van der Waals surface area contributed by atoms with Crippen LogP contribution in [0.4, 0.5) is 17.1 Å². The van der Waals surface area contributed by atoms with Gasteiger partial charge < -0.3 is 9.32 Å². The van der Waals surface area contributed by atoms with Crippen molar-refractivity contribution in [2.75, 3.05) is 4.90 Å². The molecule has 0 atom stereocenters. The SMILES string of the molecule is Cc1ccc(-c2cccc(-c3ccc(N(c4ccc(-c5cccc(-c6ccc(C)cc6)c5)cc4)c4ccc(-c5cccc6c5oc5ccccc56)cc4)cc3)c2)cc1. The van der Waals surface area contributed by atoms with Crippen LogP contribution in [0.2, 0.25) is 0 Å². The van der Waals surface area contributed by atoms with E-state index in [1.54, 1.807) is 0 Å². The van der Waals surface area contributed by atoms with Crippen LogP contribution in [0.15, 0.2) is 217 Å². The van der Waals surface area contributed by atoms with Gasteiger partial charge in [-0.1, -0.05) is 169 Å². The Bertz CT molecular complexity index is 2890. The molecular weight excluding hydrogens is 703 g/mol. The van der Waals surface area contributed by atoms with Crippen LogP contribution in [0, 0.1) is 13.8 Å². The highest BCUT2D eigenvalue weighted by Crippen LogP contribution is 2.40. The van der Waals surface area contributed by atoms with E-state index in [1.165, 1.54) is 55.6 Å². The number of nitrogens with zero attached hydrogens (tertiary/aromatic N) is 1. The molecule has 1 heterocycles. The smallest absolute Gasteiger partial charge is 0.143 e. The van der Waals surface area contributed by atoms with Crippen LogP contribution in [0.3, 0.4) is 0 Å². The largest absolute Gasteiger partial charge is 0.455 e. The average molecular weight is 744 g/mol. The summed E-state index contributed by atoms with van der Waals surface area (Å²) >= 11 is 0. The molecule has 0 aliphatic rings. The fourth-order valence-corrected chi connectivity index (χ4v) is 8.07. The van der Waals surface area contributed by atoms with Crippen molar-refractivity contribution in [1.82, 2.24) is 0 Å². The molecule has 0 unspecified atom stereocenters. The minimum absolute atomic E-state index is 0.906. The minimum Gasteiger partial charge on any atom is -0.455 e. The first-order valence-electron chi connectivity index (χ1n) is 19.9. The Kier molecular flexibility index (Phi) is 9.01. The number of fused-ring (bicyclic) bond motifs is 3. The summed E-state index contributed by atoms with van der Waals surface area (Å²) in [5, 5.41) is 2.27. The summed E-state index contributed by atoms with van der Waals surface area (Å²) in [5.41, 5.74) is 19.4. The summed E-state index contributed by atoms with van der Waals surface area (Å²) in [5.74, 6) is 0. The number of hydrogen-bond acceptors (Lipinski definition) is 2. The van der Waals surface area contributed by atoms with Crippen molar-refractivity contribution in [1.29, 1.82) is 0 Å². The van der Waals surface area contributed by atoms with Crippen LogP contribution in [0.5, 0.6) is 0 Å². The zero-order valence-electron chi connectivity index (χ0n) is 32.6. The monoisotopic (exact) mass is 743 g/mol. The molecule has 9 aromatic carbocycles. The van der Waals surface area contributed by atoms with Crippen molar-refractivity contribution >= 4 is 39.0 Å². The lowest BCUT2D eigenvalue weighted by Gasteiger charge is -2.26. The van der Waals surface area contributed by atoms with Gasteiger partial charge in [-0.05, 0) is 119 Å². The molecule has 0 spiro atoms. The highest BCUT2D eigenvalue weighted by atomic mass is 16.3. The van der Waals surface area contributed by atoms with Crippen LogP contribution in [0.25, 0.3) is 77.6 Å². The molecule has 10 rings (SSSR count). The molecule has 0 N–H and O–H groups in total. The lowest BCUT2D eigenvalue weighted by Crippen LogP contribution is -2.09. The number of furan rings is 1. The number of hydrogen-bond donors (Lipinski definition) is 0. The molecule has 0 saturated carbocycles. The van der Waals surface area contributed by atoms with Gasteiger partial charge in [0, 0.05) is 33.4 Å². The molecule has 276 valence electrons. The zero-order chi connectivity index (χ0) is 39.0. The van der Waals surface area contributed by atoms with Crippen LogP contribution < -0.4 is 4.90 Å². The molecule has 0 saturated heterocycles. The van der Waals surface area contributed by atoms with E-state index in [4.69, 9.17) is 4.42 Å². The van der Waals surface area contributed by atoms with E-state index in [2.05, 4.69) is 219 Å². The Labute approximate surface area is 339 Å². The highest BCUT2D eigenvalue weighted by molar-refractivity contribution is 6.09. The van der Waals surface area contributed by atoms with Gasteiger partial charge in [0.05, 0.1) is 0 Å². The maximum Gasteiger partial charge on any atom is 0.143 e. The van der Waals surface area contributed by atoms with Crippen LogP contribution in [-0.4, -0.2) is 0 Å². The van der Waals surface area contributed by atoms with Crippen molar-refractivity contribution < 1.29 is 4.42 Å². The van der Waals surface area contributed by atoms with Crippen LogP contribution in [0.1, 0.15) is 11.1 Å². The predicted molar refractivity (Wildman–Crippen MR) is 245 cm³/mol. The molecule has 0 amide bonds. The fraction of sp³-hybridized carbons (Fsp3) is 0.0357. The van der Waals surface area contributed by atoms with Gasteiger partial charge in [0.15, 0.2) is 0 Å². The summed E-state index contributed by atoms with van der Waals surface area (Å²) in [7, 11) is 0. The van der Waals surface area contributed by atoms with Gasteiger partial charge in [0.1, 0.15) is 11.2 Å². The molecule has 2 nitrogen and oxygen atoms in total. The fourth-order valence-electron chi connectivity index (χ4n) is 8.07. The Hall–Kier alpha value is -7.42. The predicted octanol–water partition coefficient (Wildman–Crippen LogP) is 16.0. The van der Waals surface area contributed by atoms with E-state index in [-0.39, 0.29) is 0 Å². The van der Waals surface area contributed by atoms with E-state index in [9.17, 15) is 0 Å². The second kappa shape index (κ2) is 14.9. The van der Waals surface area contributed by atoms with E-state index in [0.29, 0.717) is 0 Å². The summed E-state index contributed by atoms with van der Waals surface area (Å²) in [6.07, 6.45) is 0. The summed E-state index contributed by atoms with van der Waals surface area (Å²) in [6, 6.07) is 76.5. The van der Waals surface area contributed by atoms with Crippen LogP contribution in [-0.2, 0) is 0 Å². The van der Waals surface area contributed by atoms with Gasteiger partial charge in [0.2, 0.25) is 0 Å². The van der Waals surface area contributed by atoms with E-state index in [0.717, 1.165) is 50.1 Å². The average Bonchev–Trinajstić information content (AvgIpc) is 3.67. The first kappa shape index (κ1) is 35.0. The first-order valence-corrected chi connectivity index (χ1v) is 19.9. The van der Waals surface area contributed by atoms with Gasteiger partial charge in [-0.15, -0.1) is 0 Å². The molecule has 2 heteroatoms. The molecule has 1 aromatic heterocycles. The first-order chi connectivity index (χ1) is 28.5. The normalized spacial score (nSPS) is 11.3. The van der Waals surface area contributed by atoms with Crippen molar-refractivity contribution in [2.24, 2.45) is 0 Å². The van der Waals surface area contributed by atoms with Gasteiger partial charge in [0.25, 0.3) is 0 Å². The third kappa shape index (κ3) is 6.76.